The number of aliphatic hydroxyl groups excluding tert-OH is 4. The normalized spacial score (nSPS) is 14.9. The van der Waals surface area contributed by atoms with Crippen LogP contribution in [-0.4, -0.2) is 57.7 Å². The number of aliphatic hydroxyl groups is 4. The molecular weight excluding hydrogens is 364 g/mol. The van der Waals surface area contributed by atoms with Gasteiger partial charge in [-0.1, -0.05) is 24.3 Å². The summed E-state index contributed by atoms with van der Waals surface area (Å²) < 4.78 is 0. The molecule has 148 valence electrons. The fourth-order valence-electron chi connectivity index (χ4n) is 3.21. The molecule has 3 rings (SSSR count). The minimum atomic E-state index is -1.10. The van der Waals surface area contributed by atoms with Gasteiger partial charge in [-0.25, -0.2) is 0 Å². The SMILES string of the molecule is O=C1c2ccccc2C(=O)c2c(NC(O)CCO)ccc(NC(O)CCO)c21. The first-order valence-electron chi connectivity index (χ1n) is 8.94. The lowest BCUT2D eigenvalue weighted by Gasteiger charge is -2.26. The van der Waals surface area contributed by atoms with Gasteiger partial charge in [0.25, 0.3) is 0 Å². The van der Waals surface area contributed by atoms with Crippen molar-refractivity contribution in [3.05, 3.63) is 58.7 Å². The minimum absolute atomic E-state index is 0.0444. The van der Waals surface area contributed by atoms with Crippen molar-refractivity contribution in [1.82, 2.24) is 0 Å². The monoisotopic (exact) mass is 386 g/mol. The average Bonchev–Trinajstić information content (AvgIpc) is 2.67. The summed E-state index contributed by atoms with van der Waals surface area (Å²) in [4.78, 5) is 26.2. The van der Waals surface area contributed by atoms with E-state index in [9.17, 15) is 19.8 Å². The summed E-state index contributed by atoms with van der Waals surface area (Å²) in [6.07, 6.45) is -2.12. The van der Waals surface area contributed by atoms with Gasteiger partial charge in [0.15, 0.2) is 11.6 Å². The Bertz CT molecular complexity index is 826. The Balaban J connectivity index is 2.12. The lowest BCUT2D eigenvalue weighted by atomic mass is 9.82. The minimum Gasteiger partial charge on any atom is -0.396 e. The van der Waals surface area contributed by atoms with E-state index in [4.69, 9.17) is 10.2 Å². The smallest absolute Gasteiger partial charge is 0.196 e. The molecule has 8 nitrogen and oxygen atoms in total. The average molecular weight is 386 g/mol. The van der Waals surface area contributed by atoms with Gasteiger partial charge in [-0.3, -0.25) is 9.59 Å². The maximum absolute atomic E-state index is 13.1. The van der Waals surface area contributed by atoms with E-state index in [1.54, 1.807) is 24.3 Å². The summed E-state index contributed by atoms with van der Waals surface area (Å²) in [5, 5.41) is 43.5. The Kier molecular flexibility index (Phi) is 6.05. The number of rotatable bonds is 8. The summed E-state index contributed by atoms with van der Waals surface area (Å²) in [6, 6.07) is 9.49. The number of carbonyl (C=O) groups is 2. The van der Waals surface area contributed by atoms with E-state index in [-0.39, 0.29) is 71.3 Å². The van der Waals surface area contributed by atoms with Crippen LogP contribution in [-0.2, 0) is 0 Å². The number of carbonyl (C=O) groups excluding carboxylic acids is 2. The molecular formula is C20H22N2O6. The second-order valence-electron chi connectivity index (χ2n) is 6.46. The number of fused-ring (bicyclic) bond motifs is 2. The van der Waals surface area contributed by atoms with Crippen LogP contribution in [0.25, 0.3) is 0 Å². The van der Waals surface area contributed by atoms with Crippen LogP contribution >= 0.6 is 0 Å². The molecule has 2 unspecified atom stereocenters. The number of benzene rings is 2. The van der Waals surface area contributed by atoms with E-state index in [1.165, 1.54) is 12.1 Å². The van der Waals surface area contributed by atoms with Crippen molar-refractivity contribution in [2.45, 2.75) is 25.3 Å². The van der Waals surface area contributed by atoms with Crippen molar-refractivity contribution in [2.24, 2.45) is 0 Å². The molecule has 0 saturated heterocycles. The third kappa shape index (κ3) is 3.76. The third-order valence-corrected chi connectivity index (χ3v) is 4.53. The van der Waals surface area contributed by atoms with E-state index < -0.39 is 12.5 Å². The summed E-state index contributed by atoms with van der Waals surface area (Å²) in [5.74, 6) is -0.770. The Morgan fingerprint density at radius 2 is 1.11 bits per heavy atom. The van der Waals surface area contributed by atoms with Gasteiger partial charge in [0.05, 0.1) is 11.1 Å². The predicted molar refractivity (Wildman–Crippen MR) is 102 cm³/mol. The summed E-state index contributed by atoms with van der Waals surface area (Å²) in [7, 11) is 0. The van der Waals surface area contributed by atoms with Crippen molar-refractivity contribution in [3.63, 3.8) is 0 Å². The fraction of sp³-hybridized carbons (Fsp3) is 0.300. The van der Waals surface area contributed by atoms with Crippen molar-refractivity contribution >= 4 is 22.9 Å². The van der Waals surface area contributed by atoms with E-state index in [2.05, 4.69) is 10.6 Å². The van der Waals surface area contributed by atoms with Crippen molar-refractivity contribution in [1.29, 1.82) is 0 Å². The summed E-state index contributed by atoms with van der Waals surface area (Å²) in [5.41, 5.74) is 1.20. The molecule has 0 radical (unpaired) electrons. The molecule has 1 aliphatic rings. The highest BCUT2D eigenvalue weighted by Crippen LogP contribution is 2.37. The maximum atomic E-state index is 13.1. The van der Waals surface area contributed by atoms with E-state index in [0.29, 0.717) is 0 Å². The van der Waals surface area contributed by atoms with E-state index in [1.807, 2.05) is 0 Å². The number of hydrogen-bond donors (Lipinski definition) is 6. The number of nitrogens with one attached hydrogen (secondary N) is 2. The molecule has 0 amide bonds. The summed E-state index contributed by atoms with van der Waals surface area (Å²) >= 11 is 0. The van der Waals surface area contributed by atoms with Gasteiger partial charge >= 0.3 is 0 Å². The molecule has 0 saturated carbocycles. The Labute approximate surface area is 161 Å². The second-order valence-corrected chi connectivity index (χ2v) is 6.46. The molecule has 0 aromatic heterocycles. The Hall–Kier alpha value is -2.78. The number of ketones is 2. The van der Waals surface area contributed by atoms with Crippen molar-refractivity contribution in [2.75, 3.05) is 23.8 Å². The van der Waals surface area contributed by atoms with Crippen LogP contribution in [0.4, 0.5) is 11.4 Å². The van der Waals surface area contributed by atoms with Crippen LogP contribution in [0, 0.1) is 0 Å². The van der Waals surface area contributed by atoms with Crippen LogP contribution in [0.1, 0.15) is 44.7 Å². The van der Waals surface area contributed by atoms with Crippen molar-refractivity contribution in [3.8, 4) is 0 Å². The second kappa shape index (κ2) is 8.49. The number of hydrogen-bond acceptors (Lipinski definition) is 8. The molecule has 8 heteroatoms. The Morgan fingerprint density at radius 1 is 0.714 bits per heavy atom. The highest BCUT2D eigenvalue weighted by Gasteiger charge is 2.34. The highest BCUT2D eigenvalue weighted by atomic mass is 16.3. The third-order valence-electron chi connectivity index (χ3n) is 4.53. The zero-order chi connectivity index (χ0) is 20.3. The predicted octanol–water partition coefficient (Wildman–Crippen LogP) is 0.687. The lowest BCUT2D eigenvalue weighted by Crippen LogP contribution is -2.28. The van der Waals surface area contributed by atoms with Crippen molar-refractivity contribution < 1.29 is 30.0 Å². The van der Waals surface area contributed by atoms with Gasteiger partial charge < -0.3 is 31.1 Å². The summed E-state index contributed by atoms with van der Waals surface area (Å²) in [6.45, 7) is -0.502. The molecule has 0 heterocycles. The molecule has 2 atom stereocenters. The zero-order valence-corrected chi connectivity index (χ0v) is 15.1. The zero-order valence-electron chi connectivity index (χ0n) is 15.1. The van der Waals surface area contributed by atoms with Gasteiger partial charge in [0, 0.05) is 48.6 Å². The molecule has 0 fully saturated rings. The van der Waals surface area contributed by atoms with Crippen LogP contribution in [0.2, 0.25) is 0 Å². The lowest BCUT2D eigenvalue weighted by molar-refractivity contribution is 0.0979. The van der Waals surface area contributed by atoms with Crippen LogP contribution in [0.5, 0.6) is 0 Å². The quantitative estimate of drug-likeness (QED) is 0.311. The first kappa shape index (κ1) is 20.0. The largest absolute Gasteiger partial charge is 0.396 e. The van der Waals surface area contributed by atoms with Crippen LogP contribution < -0.4 is 10.6 Å². The van der Waals surface area contributed by atoms with Crippen LogP contribution in [0.15, 0.2) is 36.4 Å². The van der Waals surface area contributed by atoms with Gasteiger partial charge in [-0.05, 0) is 12.1 Å². The first-order chi connectivity index (χ1) is 13.5. The van der Waals surface area contributed by atoms with Gasteiger partial charge in [0.1, 0.15) is 12.5 Å². The molecule has 0 bridgehead atoms. The van der Waals surface area contributed by atoms with E-state index in [0.717, 1.165) is 0 Å². The molecule has 1 aliphatic carbocycles. The topological polar surface area (TPSA) is 139 Å². The molecule has 6 N–H and O–H groups in total. The van der Waals surface area contributed by atoms with Crippen LogP contribution in [0.3, 0.4) is 0 Å². The fourth-order valence-corrected chi connectivity index (χ4v) is 3.21. The maximum Gasteiger partial charge on any atom is 0.196 e. The standard InChI is InChI=1S/C20H22N2O6/c23-9-7-15(25)21-13-5-6-14(22-16(26)8-10-24)18-17(13)19(27)11-3-1-2-4-12(11)20(18)28/h1-6,15-16,21-26H,7-10H2. The van der Waals surface area contributed by atoms with Gasteiger partial charge in [0.2, 0.25) is 0 Å². The molecule has 0 spiro atoms. The Morgan fingerprint density at radius 3 is 1.46 bits per heavy atom. The molecule has 0 aliphatic heterocycles. The van der Waals surface area contributed by atoms with Gasteiger partial charge in [-0.15, -0.1) is 0 Å². The number of anilines is 2. The molecule has 2 aromatic carbocycles. The highest BCUT2D eigenvalue weighted by molar-refractivity contribution is 6.31. The first-order valence-corrected chi connectivity index (χ1v) is 8.94. The molecule has 2 aromatic rings. The van der Waals surface area contributed by atoms with Gasteiger partial charge in [-0.2, -0.15) is 0 Å². The molecule has 28 heavy (non-hydrogen) atoms. The van der Waals surface area contributed by atoms with E-state index >= 15 is 0 Å².